The third-order valence-electron chi connectivity index (χ3n) is 5.14. The SMILES string of the molecule is Cc1c(NCc2cn(C)nc2C2CCCC2)cccc1-c1ncco1. The first kappa shape index (κ1) is 15.9. The molecule has 0 spiro atoms. The maximum atomic E-state index is 5.46. The molecule has 1 aliphatic carbocycles. The number of benzene rings is 1. The number of nitrogens with one attached hydrogen (secondary N) is 1. The second kappa shape index (κ2) is 6.75. The van der Waals surface area contributed by atoms with Gasteiger partial charge in [-0.3, -0.25) is 4.68 Å². The molecule has 5 nitrogen and oxygen atoms in total. The Morgan fingerprint density at radius 1 is 1.28 bits per heavy atom. The summed E-state index contributed by atoms with van der Waals surface area (Å²) >= 11 is 0. The van der Waals surface area contributed by atoms with Gasteiger partial charge in [-0.1, -0.05) is 18.9 Å². The van der Waals surface area contributed by atoms with Crippen LogP contribution in [0.3, 0.4) is 0 Å². The lowest BCUT2D eigenvalue weighted by atomic mass is 10.00. The summed E-state index contributed by atoms with van der Waals surface area (Å²) in [6, 6.07) is 6.18. The van der Waals surface area contributed by atoms with Crippen LogP contribution in [0.5, 0.6) is 0 Å². The van der Waals surface area contributed by atoms with E-state index in [9.17, 15) is 0 Å². The monoisotopic (exact) mass is 336 g/mol. The fourth-order valence-electron chi connectivity index (χ4n) is 3.84. The third-order valence-corrected chi connectivity index (χ3v) is 5.14. The number of rotatable bonds is 5. The van der Waals surface area contributed by atoms with Crippen molar-refractivity contribution in [1.82, 2.24) is 14.8 Å². The van der Waals surface area contributed by atoms with Crippen LogP contribution in [0, 0.1) is 6.92 Å². The molecule has 0 amide bonds. The fourth-order valence-corrected chi connectivity index (χ4v) is 3.84. The van der Waals surface area contributed by atoms with Crippen molar-refractivity contribution in [2.45, 2.75) is 45.1 Å². The van der Waals surface area contributed by atoms with E-state index >= 15 is 0 Å². The van der Waals surface area contributed by atoms with Gasteiger partial charge in [-0.2, -0.15) is 5.10 Å². The molecule has 0 radical (unpaired) electrons. The van der Waals surface area contributed by atoms with Crippen molar-refractivity contribution in [2.24, 2.45) is 7.05 Å². The molecule has 0 atom stereocenters. The summed E-state index contributed by atoms with van der Waals surface area (Å²) in [5.41, 5.74) is 5.86. The number of hydrogen-bond donors (Lipinski definition) is 1. The van der Waals surface area contributed by atoms with E-state index in [0.29, 0.717) is 11.8 Å². The Kier molecular flexibility index (Phi) is 4.30. The van der Waals surface area contributed by atoms with Gasteiger partial charge < -0.3 is 9.73 Å². The number of anilines is 1. The van der Waals surface area contributed by atoms with Crippen LogP contribution in [0.25, 0.3) is 11.5 Å². The van der Waals surface area contributed by atoms with Gasteiger partial charge in [0.25, 0.3) is 0 Å². The Morgan fingerprint density at radius 2 is 2.12 bits per heavy atom. The molecule has 1 N–H and O–H groups in total. The van der Waals surface area contributed by atoms with E-state index < -0.39 is 0 Å². The molecule has 3 aromatic rings. The molecule has 1 fully saturated rings. The van der Waals surface area contributed by atoms with E-state index in [1.54, 1.807) is 12.5 Å². The van der Waals surface area contributed by atoms with Crippen molar-refractivity contribution in [1.29, 1.82) is 0 Å². The highest BCUT2D eigenvalue weighted by atomic mass is 16.3. The molecular formula is C20H24N4O. The van der Waals surface area contributed by atoms with Crippen molar-refractivity contribution in [2.75, 3.05) is 5.32 Å². The molecule has 1 aliphatic rings. The molecule has 130 valence electrons. The maximum absolute atomic E-state index is 5.46. The average Bonchev–Trinajstić information content (AvgIpc) is 3.35. The fraction of sp³-hybridized carbons (Fsp3) is 0.400. The minimum Gasteiger partial charge on any atom is -0.445 e. The highest BCUT2D eigenvalue weighted by Gasteiger charge is 2.22. The molecule has 25 heavy (non-hydrogen) atoms. The summed E-state index contributed by atoms with van der Waals surface area (Å²) in [6.45, 7) is 2.89. The Hall–Kier alpha value is -2.56. The van der Waals surface area contributed by atoms with E-state index in [2.05, 4.69) is 29.5 Å². The van der Waals surface area contributed by atoms with Crippen molar-refractivity contribution < 1.29 is 4.42 Å². The Bertz CT molecular complexity index is 845. The van der Waals surface area contributed by atoms with Crippen LogP contribution >= 0.6 is 0 Å². The Labute approximate surface area is 148 Å². The van der Waals surface area contributed by atoms with Crippen LogP contribution < -0.4 is 5.32 Å². The summed E-state index contributed by atoms with van der Waals surface area (Å²) in [5, 5.41) is 8.32. The Morgan fingerprint density at radius 3 is 2.88 bits per heavy atom. The second-order valence-corrected chi connectivity index (χ2v) is 6.86. The van der Waals surface area contributed by atoms with E-state index in [-0.39, 0.29) is 0 Å². The first-order chi connectivity index (χ1) is 12.2. The largest absolute Gasteiger partial charge is 0.445 e. The molecule has 2 aromatic heterocycles. The topological polar surface area (TPSA) is 55.9 Å². The van der Waals surface area contributed by atoms with Gasteiger partial charge in [-0.15, -0.1) is 0 Å². The number of hydrogen-bond acceptors (Lipinski definition) is 4. The molecule has 0 unspecified atom stereocenters. The summed E-state index contributed by atoms with van der Waals surface area (Å²) in [7, 11) is 2.01. The summed E-state index contributed by atoms with van der Waals surface area (Å²) in [5.74, 6) is 1.28. The first-order valence-corrected chi connectivity index (χ1v) is 8.98. The molecule has 4 rings (SSSR count). The standard InChI is InChI=1S/C20H24N4O/c1-14-17(20-21-10-11-25-20)8-5-9-18(14)22-12-16-13-24(2)23-19(16)15-6-3-4-7-15/h5,8-11,13,15,22H,3-4,6-7,12H2,1-2H3. The van der Waals surface area contributed by atoms with Crippen LogP contribution in [0.2, 0.25) is 0 Å². The average molecular weight is 336 g/mol. The van der Waals surface area contributed by atoms with E-state index in [1.165, 1.54) is 36.9 Å². The van der Waals surface area contributed by atoms with Gasteiger partial charge in [-0.25, -0.2) is 4.98 Å². The zero-order chi connectivity index (χ0) is 17.2. The van der Waals surface area contributed by atoms with Crippen molar-refractivity contribution in [3.05, 3.63) is 53.7 Å². The predicted molar refractivity (Wildman–Crippen MR) is 98.4 cm³/mol. The van der Waals surface area contributed by atoms with Gasteiger partial charge in [0.15, 0.2) is 0 Å². The number of aromatic nitrogens is 3. The first-order valence-electron chi connectivity index (χ1n) is 8.98. The van der Waals surface area contributed by atoms with Crippen LogP contribution in [0.4, 0.5) is 5.69 Å². The molecule has 1 saturated carbocycles. The summed E-state index contributed by atoms with van der Waals surface area (Å²) < 4.78 is 7.40. The predicted octanol–water partition coefficient (Wildman–Crippen LogP) is 4.65. The van der Waals surface area contributed by atoms with E-state index in [0.717, 1.165) is 23.4 Å². The van der Waals surface area contributed by atoms with Gasteiger partial charge >= 0.3 is 0 Å². The molecule has 0 saturated heterocycles. The second-order valence-electron chi connectivity index (χ2n) is 6.86. The minimum absolute atomic E-state index is 0.623. The minimum atomic E-state index is 0.623. The number of oxazole rings is 1. The quantitative estimate of drug-likeness (QED) is 0.736. The van der Waals surface area contributed by atoms with Crippen molar-refractivity contribution in [3.63, 3.8) is 0 Å². The van der Waals surface area contributed by atoms with Crippen LogP contribution in [0.1, 0.15) is 48.4 Å². The van der Waals surface area contributed by atoms with Crippen LogP contribution in [0.15, 0.2) is 41.3 Å². The zero-order valence-electron chi connectivity index (χ0n) is 14.8. The van der Waals surface area contributed by atoms with Crippen molar-refractivity contribution >= 4 is 5.69 Å². The molecule has 0 aliphatic heterocycles. The van der Waals surface area contributed by atoms with Crippen molar-refractivity contribution in [3.8, 4) is 11.5 Å². The van der Waals surface area contributed by atoms with Gasteiger partial charge in [0, 0.05) is 42.5 Å². The molecular weight excluding hydrogens is 312 g/mol. The maximum Gasteiger partial charge on any atom is 0.226 e. The molecule has 2 heterocycles. The molecule has 1 aromatic carbocycles. The van der Waals surface area contributed by atoms with Gasteiger partial charge in [0.2, 0.25) is 5.89 Å². The van der Waals surface area contributed by atoms with E-state index in [1.807, 2.05) is 23.9 Å². The number of aryl methyl sites for hydroxylation is 1. The molecule has 5 heteroatoms. The van der Waals surface area contributed by atoms with Gasteiger partial charge in [-0.05, 0) is 37.5 Å². The highest BCUT2D eigenvalue weighted by molar-refractivity contribution is 5.68. The lowest BCUT2D eigenvalue weighted by Gasteiger charge is -2.13. The van der Waals surface area contributed by atoms with Crippen LogP contribution in [-0.2, 0) is 13.6 Å². The zero-order valence-corrected chi connectivity index (χ0v) is 14.8. The lowest BCUT2D eigenvalue weighted by Crippen LogP contribution is -2.05. The van der Waals surface area contributed by atoms with Crippen LogP contribution in [-0.4, -0.2) is 14.8 Å². The summed E-state index contributed by atoms with van der Waals surface area (Å²) in [6.07, 6.45) is 10.6. The van der Waals surface area contributed by atoms with Gasteiger partial charge in [0.1, 0.15) is 6.26 Å². The highest BCUT2D eigenvalue weighted by Crippen LogP contribution is 2.35. The smallest absolute Gasteiger partial charge is 0.226 e. The Balaban J connectivity index is 1.55. The lowest BCUT2D eigenvalue weighted by molar-refractivity contribution is 0.574. The number of nitrogens with zero attached hydrogens (tertiary/aromatic N) is 3. The van der Waals surface area contributed by atoms with Gasteiger partial charge in [0.05, 0.1) is 11.9 Å². The summed E-state index contributed by atoms with van der Waals surface area (Å²) in [4.78, 5) is 4.27. The normalized spacial score (nSPS) is 15.0. The van der Waals surface area contributed by atoms with E-state index in [4.69, 9.17) is 9.52 Å². The third kappa shape index (κ3) is 3.18. The molecule has 0 bridgehead atoms.